The molecule has 5 nitrogen and oxygen atoms in total. The molecule has 0 bridgehead atoms. The number of nitrogens with one attached hydrogen (secondary N) is 1. The summed E-state index contributed by atoms with van der Waals surface area (Å²) in [6.07, 6.45) is 2.90. The van der Waals surface area contributed by atoms with Gasteiger partial charge in [-0.1, -0.05) is 0 Å². The fourth-order valence-corrected chi connectivity index (χ4v) is 3.62. The number of hydrogen-bond donors (Lipinski definition) is 2. The van der Waals surface area contributed by atoms with Crippen molar-refractivity contribution in [3.05, 3.63) is 0 Å². The molecular formula is C12H19NO4S. The summed E-state index contributed by atoms with van der Waals surface area (Å²) in [4.78, 5) is 23.2. The van der Waals surface area contributed by atoms with E-state index in [1.807, 2.05) is 11.8 Å². The number of aliphatic carboxylic acids is 1. The summed E-state index contributed by atoms with van der Waals surface area (Å²) in [5.74, 6) is 1.46. The molecule has 1 amide bonds. The van der Waals surface area contributed by atoms with Gasteiger partial charge in [-0.05, 0) is 30.3 Å². The van der Waals surface area contributed by atoms with Gasteiger partial charge in [0.05, 0.1) is 6.61 Å². The van der Waals surface area contributed by atoms with Gasteiger partial charge in [-0.25, -0.2) is 4.79 Å². The number of carboxylic acids is 1. The van der Waals surface area contributed by atoms with Crippen LogP contribution in [0.1, 0.15) is 25.7 Å². The molecule has 2 aliphatic rings. The lowest BCUT2D eigenvalue weighted by atomic mass is 9.95. The summed E-state index contributed by atoms with van der Waals surface area (Å²) >= 11 is 1.92. The van der Waals surface area contributed by atoms with Gasteiger partial charge in [-0.15, -0.1) is 0 Å². The third-order valence-corrected chi connectivity index (χ3v) is 4.67. The zero-order valence-corrected chi connectivity index (χ0v) is 11.1. The van der Waals surface area contributed by atoms with Gasteiger partial charge in [0.25, 0.3) is 0 Å². The number of carbonyl (C=O) groups excluding carboxylic acids is 1. The van der Waals surface area contributed by atoms with Crippen molar-refractivity contribution in [1.82, 2.24) is 5.32 Å². The van der Waals surface area contributed by atoms with Gasteiger partial charge < -0.3 is 15.2 Å². The molecule has 2 rings (SSSR count). The van der Waals surface area contributed by atoms with Crippen LogP contribution in [-0.4, -0.2) is 47.2 Å². The number of amides is 1. The second kappa shape index (κ2) is 5.93. The van der Waals surface area contributed by atoms with Crippen molar-refractivity contribution in [2.24, 2.45) is 5.92 Å². The molecule has 2 heterocycles. The molecular weight excluding hydrogens is 254 g/mol. The number of hydrogen-bond acceptors (Lipinski definition) is 4. The van der Waals surface area contributed by atoms with Crippen LogP contribution in [0.15, 0.2) is 0 Å². The van der Waals surface area contributed by atoms with E-state index in [2.05, 4.69) is 5.32 Å². The van der Waals surface area contributed by atoms with E-state index < -0.39 is 11.5 Å². The summed E-state index contributed by atoms with van der Waals surface area (Å²) in [5.41, 5.74) is -1.19. The highest BCUT2D eigenvalue weighted by Crippen LogP contribution is 2.26. The first-order valence-corrected chi connectivity index (χ1v) is 7.48. The summed E-state index contributed by atoms with van der Waals surface area (Å²) in [7, 11) is 0. The Labute approximate surface area is 111 Å². The molecule has 2 N–H and O–H groups in total. The molecule has 1 unspecified atom stereocenters. The van der Waals surface area contributed by atoms with E-state index in [1.165, 1.54) is 0 Å². The monoisotopic (exact) mass is 273 g/mol. The first-order chi connectivity index (χ1) is 8.62. The van der Waals surface area contributed by atoms with Crippen molar-refractivity contribution >= 4 is 23.6 Å². The number of rotatable bonds is 4. The topological polar surface area (TPSA) is 75.6 Å². The summed E-state index contributed by atoms with van der Waals surface area (Å²) in [6.45, 7) is 0.473. The van der Waals surface area contributed by atoms with Gasteiger partial charge in [0.2, 0.25) is 5.91 Å². The molecule has 18 heavy (non-hydrogen) atoms. The van der Waals surface area contributed by atoms with E-state index >= 15 is 0 Å². The Bertz CT molecular complexity index is 322. The van der Waals surface area contributed by atoms with Crippen LogP contribution in [0.4, 0.5) is 0 Å². The second-order valence-electron chi connectivity index (χ2n) is 5.00. The Kier molecular flexibility index (Phi) is 4.50. The smallest absolute Gasteiger partial charge is 0.331 e. The molecule has 0 saturated carbocycles. The third-order valence-electron chi connectivity index (χ3n) is 3.62. The average molecular weight is 273 g/mol. The zero-order valence-electron chi connectivity index (χ0n) is 10.3. The first kappa shape index (κ1) is 13.7. The molecule has 0 radical (unpaired) electrons. The van der Waals surface area contributed by atoms with Crippen LogP contribution in [-0.2, 0) is 14.3 Å². The molecule has 2 aliphatic heterocycles. The molecule has 0 aromatic carbocycles. The summed E-state index contributed by atoms with van der Waals surface area (Å²) in [5, 5.41) is 11.9. The van der Waals surface area contributed by atoms with Crippen LogP contribution in [0.3, 0.4) is 0 Å². The maximum atomic E-state index is 11.9. The first-order valence-electron chi connectivity index (χ1n) is 6.32. The predicted molar refractivity (Wildman–Crippen MR) is 68.6 cm³/mol. The van der Waals surface area contributed by atoms with E-state index in [1.54, 1.807) is 0 Å². The Morgan fingerprint density at radius 3 is 2.67 bits per heavy atom. The SMILES string of the molecule is O=C(CC1CCSCC1)NC1(C(=O)O)CCOC1. The number of carboxylic acid groups (broad SMARTS) is 1. The highest BCUT2D eigenvalue weighted by atomic mass is 32.2. The molecule has 2 fully saturated rings. The molecule has 0 aromatic heterocycles. The zero-order chi connectivity index (χ0) is 13.0. The Morgan fingerprint density at radius 1 is 1.39 bits per heavy atom. The van der Waals surface area contributed by atoms with Gasteiger partial charge in [-0.3, -0.25) is 4.79 Å². The van der Waals surface area contributed by atoms with Gasteiger partial charge in [0.1, 0.15) is 0 Å². The molecule has 1 atom stereocenters. The van der Waals surface area contributed by atoms with Crippen LogP contribution in [0.2, 0.25) is 0 Å². The lowest BCUT2D eigenvalue weighted by Gasteiger charge is -2.26. The van der Waals surface area contributed by atoms with E-state index in [-0.39, 0.29) is 12.5 Å². The highest BCUT2D eigenvalue weighted by molar-refractivity contribution is 7.99. The van der Waals surface area contributed by atoms with Crippen molar-refractivity contribution in [2.75, 3.05) is 24.7 Å². The lowest BCUT2D eigenvalue weighted by Crippen LogP contribution is -2.55. The van der Waals surface area contributed by atoms with E-state index in [0.717, 1.165) is 24.3 Å². The normalized spacial score (nSPS) is 29.1. The number of thioether (sulfide) groups is 1. The fraction of sp³-hybridized carbons (Fsp3) is 0.833. The minimum Gasteiger partial charge on any atom is -0.479 e. The van der Waals surface area contributed by atoms with Gasteiger partial charge in [-0.2, -0.15) is 11.8 Å². The molecule has 0 aromatic rings. The Morgan fingerprint density at radius 2 is 2.11 bits per heavy atom. The van der Waals surface area contributed by atoms with Crippen molar-refractivity contribution in [1.29, 1.82) is 0 Å². The molecule has 2 saturated heterocycles. The standard InChI is InChI=1S/C12H19NO4S/c14-10(7-9-1-5-18-6-2-9)13-12(11(15)16)3-4-17-8-12/h9H,1-8H2,(H,13,14)(H,15,16). The summed E-state index contributed by atoms with van der Waals surface area (Å²) in [6, 6.07) is 0. The maximum absolute atomic E-state index is 11.9. The molecule has 6 heteroatoms. The van der Waals surface area contributed by atoms with E-state index in [9.17, 15) is 14.7 Å². The van der Waals surface area contributed by atoms with Crippen molar-refractivity contribution in [3.8, 4) is 0 Å². The van der Waals surface area contributed by atoms with E-state index in [0.29, 0.717) is 25.4 Å². The molecule has 0 spiro atoms. The largest absolute Gasteiger partial charge is 0.479 e. The van der Waals surface area contributed by atoms with Crippen molar-refractivity contribution < 1.29 is 19.4 Å². The third kappa shape index (κ3) is 3.17. The van der Waals surface area contributed by atoms with Gasteiger partial charge in [0.15, 0.2) is 5.54 Å². The average Bonchev–Trinajstić information content (AvgIpc) is 2.80. The van der Waals surface area contributed by atoms with E-state index in [4.69, 9.17) is 4.74 Å². The van der Waals surface area contributed by atoms with Gasteiger partial charge >= 0.3 is 5.97 Å². The fourth-order valence-electron chi connectivity index (χ4n) is 2.42. The maximum Gasteiger partial charge on any atom is 0.331 e. The predicted octanol–water partition coefficient (Wildman–Crippen LogP) is 0.880. The lowest BCUT2D eigenvalue weighted by molar-refractivity contribution is -0.147. The Balaban J connectivity index is 1.87. The van der Waals surface area contributed by atoms with Crippen LogP contribution >= 0.6 is 11.8 Å². The minimum absolute atomic E-state index is 0.0780. The summed E-state index contributed by atoms with van der Waals surface area (Å²) < 4.78 is 5.11. The molecule has 102 valence electrons. The quantitative estimate of drug-likeness (QED) is 0.795. The second-order valence-corrected chi connectivity index (χ2v) is 6.22. The Hall–Kier alpha value is -0.750. The van der Waals surface area contributed by atoms with Crippen LogP contribution < -0.4 is 5.32 Å². The van der Waals surface area contributed by atoms with Crippen LogP contribution in [0.5, 0.6) is 0 Å². The van der Waals surface area contributed by atoms with Crippen LogP contribution in [0, 0.1) is 5.92 Å². The highest BCUT2D eigenvalue weighted by Gasteiger charge is 2.44. The van der Waals surface area contributed by atoms with Crippen LogP contribution in [0.25, 0.3) is 0 Å². The number of ether oxygens (including phenoxy) is 1. The minimum atomic E-state index is -1.19. The van der Waals surface area contributed by atoms with Crippen molar-refractivity contribution in [3.63, 3.8) is 0 Å². The van der Waals surface area contributed by atoms with Crippen molar-refractivity contribution in [2.45, 2.75) is 31.2 Å². The molecule has 0 aliphatic carbocycles. The number of carbonyl (C=O) groups is 2. The van der Waals surface area contributed by atoms with Gasteiger partial charge in [0, 0.05) is 19.4 Å².